The van der Waals surface area contributed by atoms with E-state index >= 15 is 0 Å². The normalized spacial score (nSPS) is 29.8. The van der Waals surface area contributed by atoms with Gasteiger partial charge in [0.25, 0.3) is 0 Å². The van der Waals surface area contributed by atoms with Gasteiger partial charge in [0.1, 0.15) is 5.01 Å². The van der Waals surface area contributed by atoms with E-state index in [1.54, 1.807) is 6.92 Å². The second kappa shape index (κ2) is 4.91. The summed E-state index contributed by atoms with van der Waals surface area (Å²) in [6.07, 6.45) is 1.52. The van der Waals surface area contributed by atoms with Crippen molar-refractivity contribution in [3.63, 3.8) is 0 Å². The van der Waals surface area contributed by atoms with E-state index < -0.39 is 12.0 Å². The van der Waals surface area contributed by atoms with Crippen molar-refractivity contribution >= 4 is 29.1 Å². The minimum absolute atomic E-state index is 0.0465. The van der Waals surface area contributed by atoms with Gasteiger partial charge in [0, 0.05) is 5.38 Å². The molecule has 1 saturated carbocycles. The molecule has 1 aliphatic carbocycles. The van der Waals surface area contributed by atoms with Crippen molar-refractivity contribution in [3.05, 3.63) is 16.1 Å². The number of aromatic carboxylic acids is 1. The van der Waals surface area contributed by atoms with Crippen LogP contribution in [0.1, 0.15) is 48.2 Å². The number of rotatable bonds is 3. The minimum Gasteiger partial charge on any atom is -0.476 e. The maximum absolute atomic E-state index is 12.5. The number of likely N-dealkylation sites (tertiary alicyclic amines) is 1. The third-order valence-electron chi connectivity index (χ3n) is 4.39. The van der Waals surface area contributed by atoms with Crippen molar-refractivity contribution in [2.45, 2.75) is 32.7 Å². The Kier molecular flexibility index (Phi) is 3.32. The molecule has 3 unspecified atom stereocenters. The first-order valence-corrected chi connectivity index (χ1v) is 7.83. The molecule has 3 rings (SSSR count). The molecule has 2 heterocycles. The number of nitrogens with zero attached hydrogens (tertiary/aromatic N) is 2. The van der Waals surface area contributed by atoms with Gasteiger partial charge in [-0.1, -0.05) is 6.92 Å². The van der Waals surface area contributed by atoms with Crippen molar-refractivity contribution in [3.8, 4) is 0 Å². The third-order valence-corrected chi connectivity index (χ3v) is 5.41. The molecule has 0 spiro atoms. The summed E-state index contributed by atoms with van der Waals surface area (Å²) in [6, 6.07) is -0.496. The Morgan fingerprint density at radius 1 is 1.38 bits per heavy atom. The van der Waals surface area contributed by atoms with Gasteiger partial charge in [-0.25, -0.2) is 9.78 Å². The Hall–Kier alpha value is -1.76. The van der Waals surface area contributed by atoms with Crippen molar-refractivity contribution in [2.75, 3.05) is 0 Å². The van der Waals surface area contributed by atoms with E-state index in [1.165, 1.54) is 21.6 Å². The van der Waals surface area contributed by atoms with Gasteiger partial charge in [-0.05, 0) is 25.7 Å². The van der Waals surface area contributed by atoms with E-state index in [4.69, 9.17) is 5.11 Å². The predicted molar refractivity (Wildman–Crippen MR) is 74.7 cm³/mol. The number of hydrogen-bond donors (Lipinski definition) is 1. The fraction of sp³-hybridized carbons (Fsp3) is 0.571. The molecule has 0 radical (unpaired) electrons. The molecule has 1 aliphatic heterocycles. The van der Waals surface area contributed by atoms with Crippen LogP contribution in [-0.2, 0) is 9.59 Å². The smallest absolute Gasteiger partial charge is 0.355 e. The number of amides is 2. The van der Waals surface area contributed by atoms with E-state index in [2.05, 4.69) is 11.9 Å². The monoisotopic (exact) mass is 308 g/mol. The predicted octanol–water partition coefficient (Wildman–Crippen LogP) is 1.93. The number of carboxylic acid groups (broad SMARTS) is 1. The summed E-state index contributed by atoms with van der Waals surface area (Å²) in [5.41, 5.74) is -0.0465. The number of thiazole rings is 1. The van der Waals surface area contributed by atoms with Gasteiger partial charge >= 0.3 is 5.97 Å². The van der Waals surface area contributed by atoms with Crippen LogP contribution in [-0.4, -0.2) is 32.8 Å². The average molecular weight is 308 g/mol. The summed E-state index contributed by atoms with van der Waals surface area (Å²) in [5, 5.41) is 10.8. The van der Waals surface area contributed by atoms with Crippen LogP contribution in [0.5, 0.6) is 0 Å². The number of aromatic nitrogens is 1. The molecule has 2 amide bonds. The Morgan fingerprint density at radius 2 is 1.95 bits per heavy atom. The molecule has 112 valence electrons. The number of hydrogen-bond acceptors (Lipinski definition) is 5. The summed E-state index contributed by atoms with van der Waals surface area (Å²) in [7, 11) is 0. The Labute approximate surface area is 125 Å². The molecule has 1 N–H and O–H groups in total. The fourth-order valence-electron chi connectivity index (χ4n) is 3.37. The first-order chi connectivity index (χ1) is 9.90. The highest BCUT2D eigenvalue weighted by molar-refractivity contribution is 7.09. The van der Waals surface area contributed by atoms with Gasteiger partial charge in [-0.3, -0.25) is 14.5 Å². The molecular formula is C14H16N2O4S. The van der Waals surface area contributed by atoms with Crippen molar-refractivity contribution < 1.29 is 19.5 Å². The minimum atomic E-state index is -1.10. The van der Waals surface area contributed by atoms with Crippen molar-refractivity contribution in [2.24, 2.45) is 17.8 Å². The summed E-state index contributed by atoms with van der Waals surface area (Å²) in [4.78, 5) is 41.1. The topological polar surface area (TPSA) is 87.6 Å². The Bertz CT molecular complexity index is 602. The summed E-state index contributed by atoms with van der Waals surface area (Å²) in [6.45, 7) is 3.79. The van der Waals surface area contributed by atoms with E-state index in [1.807, 2.05) is 0 Å². The first kappa shape index (κ1) is 14.2. The van der Waals surface area contributed by atoms with Gasteiger partial charge in [-0.15, -0.1) is 11.3 Å². The lowest BCUT2D eigenvalue weighted by atomic mass is 10.00. The molecule has 0 aromatic carbocycles. The largest absolute Gasteiger partial charge is 0.476 e. The molecule has 1 saturated heterocycles. The van der Waals surface area contributed by atoms with Crippen LogP contribution in [0.3, 0.4) is 0 Å². The summed E-state index contributed by atoms with van der Waals surface area (Å²) < 4.78 is 0. The molecule has 2 fully saturated rings. The lowest BCUT2D eigenvalue weighted by Gasteiger charge is -2.22. The van der Waals surface area contributed by atoms with Crippen LogP contribution in [0.15, 0.2) is 5.38 Å². The summed E-state index contributed by atoms with van der Waals surface area (Å²) in [5.74, 6) is -1.36. The van der Waals surface area contributed by atoms with Crippen molar-refractivity contribution in [1.29, 1.82) is 0 Å². The van der Waals surface area contributed by atoms with Crippen LogP contribution in [0, 0.1) is 17.8 Å². The molecule has 0 bridgehead atoms. The van der Waals surface area contributed by atoms with Gasteiger partial charge in [-0.2, -0.15) is 0 Å². The zero-order chi connectivity index (χ0) is 15.3. The summed E-state index contributed by atoms with van der Waals surface area (Å²) >= 11 is 1.17. The van der Waals surface area contributed by atoms with Crippen LogP contribution in [0.4, 0.5) is 0 Å². The maximum Gasteiger partial charge on any atom is 0.355 e. The second-order valence-corrected chi connectivity index (χ2v) is 6.78. The highest BCUT2D eigenvalue weighted by Gasteiger charge is 2.53. The quantitative estimate of drug-likeness (QED) is 0.862. The van der Waals surface area contributed by atoms with E-state index in [0.717, 1.165) is 12.8 Å². The van der Waals surface area contributed by atoms with Gasteiger partial charge < -0.3 is 5.11 Å². The molecule has 7 heteroatoms. The van der Waals surface area contributed by atoms with Gasteiger partial charge in [0.2, 0.25) is 11.8 Å². The SMILES string of the molecule is CC1CC2C(=O)N(C(C)c3nc(C(=O)O)cs3)C(=O)C2C1. The molecule has 2 aliphatic rings. The zero-order valence-electron chi connectivity index (χ0n) is 11.8. The number of carbonyl (C=O) groups is 3. The van der Waals surface area contributed by atoms with E-state index in [-0.39, 0.29) is 29.3 Å². The van der Waals surface area contributed by atoms with E-state index in [0.29, 0.717) is 10.9 Å². The standard InChI is InChI=1S/C14H16N2O4S/c1-6-3-8-9(4-6)13(18)16(12(8)17)7(2)11-15-10(5-21-11)14(19)20/h5-9H,3-4H2,1-2H3,(H,19,20). The zero-order valence-corrected chi connectivity index (χ0v) is 12.6. The third kappa shape index (κ3) is 2.16. The highest BCUT2D eigenvalue weighted by atomic mass is 32.1. The number of fused-ring (bicyclic) bond motifs is 1. The van der Waals surface area contributed by atoms with Gasteiger partial charge in [0.05, 0.1) is 17.9 Å². The van der Waals surface area contributed by atoms with Gasteiger partial charge in [0.15, 0.2) is 5.69 Å². The highest BCUT2D eigenvalue weighted by Crippen LogP contribution is 2.45. The van der Waals surface area contributed by atoms with E-state index in [9.17, 15) is 14.4 Å². The number of imide groups is 1. The number of carbonyl (C=O) groups excluding carboxylic acids is 2. The number of carboxylic acids is 1. The lowest BCUT2D eigenvalue weighted by Crippen LogP contribution is -2.34. The maximum atomic E-state index is 12.5. The molecule has 1 aromatic rings. The molecule has 1 aromatic heterocycles. The van der Waals surface area contributed by atoms with Crippen molar-refractivity contribution in [1.82, 2.24) is 9.88 Å². The van der Waals surface area contributed by atoms with Crippen LogP contribution >= 0.6 is 11.3 Å². The van der Waals surface area contributed by atoms with Crippen LogP contribution < -0.4 is 0 Å². The molecule has 6 nitrogen and oxygen atoms in total. The average Bonchev–Trinajstić information content (AvgIpc) is 3.08. The molecule has 3 atom stereocenters. The molecular weight excluding hydrogens is 292 g/mol. The molecule has 21 heavy (non-hydrogen) atoms. The van der Waals surface area contributed by atoms with Crippen LogP contribution in [0.2, 0.25) is 0 Å². The Balaban J connectivity index is 1.85. The van der Waals surface area contributed by atoms with Crippen LogP contribution in [0.25, 0.3) is 0 Å². The fourth-order valence-corrected chi connectivity index (χ4v) is 4.21. The first-order valence-electron chi connectivity index (χ1n) is 6.95. The Morgan fingerprint density at radius 3 is 2.43 bits per heavy atom. The lowest BCUT2D eigenvalue weighted by molar-refractivity contribution is -0.143. The second-order valence-electron chi connectivity index (χ2n) is 5.89.